The molecular weight excluding hydrogens is 205 g/mol. The van der Waals surface area contributed by atoms with Crippen LogP contribution in [0.4, 0.5) is 4.39 Å². The maximum absolute atomic E-state index is 12.9. The van der Waals surface area contributed by atoms with E-state index in [-0.39, 0.29) is 5.82 Å². The largest absolute Gasteiger partial charge is 0.360 e. The highest BCUT2D eigenvalue weighted by atomic mass is 35.5. The molecule has 2 nitrogen and oxygen atoms in total. The molecule has 0 bridgehead atoms. The summed E-state index contributed by atoms with van der Waals surface area (Å²) in [7, 11) is 0. The Bertz CT molecular complexity index is 467. The summed E-state index contributed by atoms with van der Waals surface area (Å²) in [6, 6.07) is 6.90. The van der Waals surface area contributed by atoms with Gasteiger partial charge in [-0.15, -0.1) is 0 Å². The van der Waals surface area contributed by atoms with E-state index in [2.05, 4.69) is 11.2 Å². The maximum atomic E-state index is 12.9. The molecule has 0 fully saturated rings. The zero-order valence-electron chi connectivity index (χ0n) is 7.34. The van der Waals surface area contributed by atoms with Crippen molar-refractivity contribution in [3.63, 3.8) is 0 Å². The molecule has 0 saturated heterocycles. The summed E-state index contributed by atoms with van der Waals surface area (Å²) in [4.78, 5) is 0. The van der Waals surface area contributed by atoms with Gasteiger partial charge < -0.3 is 4.52 Å². The van der Waals surface area contributed by atoms with E-state index in [0.29, 0.717) is 22.0 Å². The van der Waals surface area contributed by atoms with E-state index in [0.717, 1.165) is 0 Å². The fourth-order valence-electron chi connectivity index (χ4n) is 1.12. The molecule has 71 valence electrons. The zero-order valence-corrected chi connectivity index (χ0v) is 8.10. The summed E-state index contributed by atoms with van der Waals surface area (Å²) in [6.07, 6.45) is 0. The first-order chi connectivity index (χ1) is 6.66. The van der Waals surface area contributed by atoms with Gasteiger partial charge in [-0.3, -0.25) is 0 Å². The van der Waals surface area contributed by atoms with E-state index in [9.17, 15) is 4.39 Å². The van der Waals surface area contributed by atoms with Crippen LogP contribution >= 0.6 is 11.6 Å². The van der Waals surface area contributed by atoms with Crippen LogP contribution in [-0.2, 0) is 0 Å². The van der Waals surface area contributed by atoms with Crippen molar-refractivity contribution in [2.45, 2.75) is 6.92 Å². The van der Waals surface area contributed by atoms with Crippen LogP contribution in [0.3, 0.4) is 0 Å². The summed E-state index contributed by atoms with van der Waals surface area (Å²) >= 11 is 5.87. The third-order valence-electron chi connectivity index (χ3n) is 1.75. The molecule has 1 heterocycles. The number of benzene rings is 1. The fraction of sp³-hybridized carbons (Fsp3) is 0.100. The van der Waals surface area contributed by atoms with Gasteiger partial charge in [0, 0.05) is 5.56 Å². The van der Waals surface area contributed by atoms with E-state index in [4.69, 9.17) is 16.1 Å². The second-order valence-electron chi connectivity index (χ2n) is 2.84. The topological polar surface area (TPSA) is 26.0 Å². The van der Waals surface area contributed by atoms with Gasteiger partial charge in [0.15, 0.2) is 0 Å². The first-order valence-corrected chi connectivity index (χ1v) is 4.35. The van der Waals surface area contributed by atoms with Crippen LogP contribution < -0.4 is 0 Å². The molecule has 2 rings (SSSR count). The number of halogens is 2. The number of hydrogen-bond acceptors (Lipinski definition) is 2. The molecule has 14 heavy (non-hydrogen) atoms. The summed E-state index contributed by atoms with van der Waals surface area (Å²) < 4.78 is 17.7. The van der Waals surface area contributed by atoms with Gasteiger partial charge in [-0.25, -0.2) is 4.39 Å². The molecule has 0 aliphatic rings. The Morgan fingerprint density at radius 3 is 2.93 bits per heavy atom. The Morgan fingerprint density at radius 2 is 2.29 bits per heavy atom. The van der Waals surface area contributed by atoms with E-state index in [1.807, 2.05) is 0 Å². The third-order valence-corrected chi connectivity index (χ3v) is 2.08. The molecule has 0 saturated carbocycles. The van der Waals surface area contributed by atoms with Crippen LogP contribution in [0.5, 0.6) is 0 Å². The predicted molar refractivity (Wildman–Crippen MR) is 50.5 cm³/mol. The zero-order chi connectivity index (χ0) is 10.1. The first-order valence-electron chi connectivity index (χ1n) is 3.98. The van der Waals surface area contributed by atoms with Gasteiger partial charge in [-0.2, -0.15) is 0 Å². The van der Waals surface area contributed by atoms with Gasteiger partial charge >= 0.3 is 0 Å². The normalized spacial score (nSPS) is 10.5. The average molecular weight is 211 g/mol. The molecular formula is C10H6ClFNO. The lowest BCUT2D eigenvalue weighted by atomic mass is 10.1. The number of rotatable bonds is 1. The van der Waals surface area contributed by atoms with E-state index < -0.39 is 0 Å². The smallest absolute Gasteiger partial charge is 0.142 e. The Morgan fingerprint density at radius 1 is 1.50 bits per heavy atom. The van der Waals surface area contributed by atoms with Crippen molar-refractivity contribution >= 4 is 11.6 Å². The molecule has 0 N–H and O–H groups in total. The molecule has 1 radical (unpaired) electrons. The van der Waals surface area contributed by atoms with Gasteiger partial charge in [-0.05, 0) is 25.1 Å². The highest BCUT2D eigenvalue weighted by Crippen LogP contribution is 2.27. The summed E-state index contributed by atoms with van der Waals surface area (Å²) in [6.45, 7) is 1.71. The van der Waals surface area contributed by atoms with Crippen molar-refractivity contribution < 1.29 is 8.91 Å². The minimum atomic E-state index is -0.363. The molecule has 2 aromatic rings. The summed E-state index contributed by atoms with van der Waals surface area (Å²) in [5, 5.41) is 4.13. The standard InChI is InChI=1S/C10H6ClFNO/c1-6-4-10(13-14-6)8-5-7(12)2-3-9(8)11/h2-3,5H,1H3. The van der Waals surface area contributed by atoms with Crippen LogP contribution in [0.1, 0.15) is 5.76 Å². The quantitative estimate of drug-likeness (QED) is 0.722. The second kappa shape index (κ2) is 3.42. The van der Waals surface area contributed by atoms with Crippen LogP contribution in [0.25, 0.3) is 11.3 Å². The third kappa shape index (κ3) is 1.63. The van der Waals surface area contributed by atoms with Crippen molar-refractivity contribution in [3.8, 4) is 11.3 Å². The monoisotopic (exact) mass is 210 g/mol. The van der Waals surface area contributed by atoms with Crippen LogP contribution in [-0.4, -0.2) is 5.16 Å². The summed E-state index contributed by atoms with van der Waals surface area (Å²) in [5.74, 6) is 0.179. The molecule has 0 amide bonds. The Labute approximate surface area is 85.3 Å². The minimum absolute atomic E-state index is 0.363. The molecule has 1 aromatic heterocycles. The lowest BCUT2D eigenvalue weighted by Gasteiger charge is -1.98. The second-order valence-corrected chi connectivity index (χ2v) is 3.24. The minimum Gasteiger partial charge on any atom is -0.360 e. The van der Waals surface area contributed by atoms with E-state index >= 15 is 0 Å². The van der Waals surface area contributed by atoms with Crippen molar-refractivity contribution in [2.75, 3.05) is 0 Å². The molecule has 1 aromatic carbocycles. The average Bonchev–Trinajstić information content (AvgIpc) is 2.56. The SMILES string of the molecule is Cc1[c]c(-c2cc(F)ccc2Cl)no1. The van der Waals surface area contributed by atoms with Gasteiger partial charge in [0.1, 0.15) is 17.3 Å². The van der Waals surface area contributed by atoms with Crippen molar-refractivity contribution in [2.24, 2.45) is 0 Å². The lowest BCUT2D eigenvalue weighted by molar-refractivity contribution is 0.399. The number of aromatic nitrogens is 1. The Hall–Kier alpha value is -1.35. The van der Waals surface area contributed by atoms with Crippen molar-refractivity contribution in [1.29, 1.82) is 0 Å². The predicted octanol–water partition coefficient (Wildman–Crippen LogP) is 3.24. The molecule has 0 aliphatic heterocycles. The number of aryl methyl sites for hydroxylation is 1. The highest BCUT2D eigenvalue weighted by molar-refractivity contribution is 6.33. The van der Waals surface area contributed by atoms with E-state index in [1.165, 1.54) is 18.2 Å². The summed E-state index contributed by atoms with van der Waals surface area (Å²) in [5.41, 5.74) is 0.913. The first kappa shape index (κ1) is 9.21. The van der Waals surface area contributed by atoms with Crippen LogP contribution in [0.15, 0.2) is 22.7 Å². The molecule has 0 aliphatic carbocycles. The van der Waals surface area contributed by atoms with Gasteiger partial charge in [0.25, 0.3) is 0 Å². The van der Waals surface area contributed by atoms with Gasteiger partial charge in [0.2, 0.25) is 0 Å². The number of hydrogen-bond donors (Lipinski definition) is 0. The Kier molecular flexibility index (Phi) is 2.25. The number of nitrogens with zero attached hydrogens (tertiary/aromatic N) is 1. The fourth-order valence-corrected chi connectivity index (χ4v) is 1.33. The molecule has 4 heteroatoms. The van der Waals surface area contributed by atoms with Gasteiger partial charge in [-0.1, -0.05) is 16.8 Å². The van der Waals surface area contributed by atoms with Crippen molar-refractivity contribution in [1.82, 2.24) is 5.16 Å². The van der Waals surface area contributed by atoms with Crippen molar-refractivity contribution in [3.05, 3.63) is 40.9 Å². The highest BCUT2D eigenvalue weighted by Gasteiger charge is 2.09. The van der Waals surface area contributed by atoms with E-state index in [1.54, 1.807) is 6.92 Å². The lowest BCUT2D eigenvalue weighted by Crippen LogP contribution is -1.81. The molecule has 0 unspecified atom stereocenters. The maximum Gasteiger partial charge on any atom is 0.142 e. The molecule has 0 spiro atoms. The molecule has 0 atom stereocenters. The van der Waals surface area contributed by atoms with Crippen LogP contribution in [0.2, 0.25) is 5.02 Å². The van der Waals surface area contributed by atoms with Gasteiger partial charge in [0.05, 0.1) is 11.1 Å². The Balaban J connectivity index is 2.55. The van der Waals surface area contributed by atoms with Crippen LogP contribution in [0, 0.1) is 18.8 Å².